The number of aliphatic carboxylic acids is 1. The van der Waals surface area contributed by atoms with Gasteiger partial charge in [-0.25, -0.2) is 8.42 Å². The molecule has 1 aromatic heterocycles. The predicted molar refractivity (Wildman–Crippen MR) is 83.5 cm³/mol. The van der Waals surface area contributed by atoms with E-state index in [-0.39, 0.29) is 9.62 Å². The average molecular weight is 344 g/mol. The summed E-state index contributed by atoms with van der Waals surface area (Å²) >= 11 is 1.16. The molecule has 0 aliphatic carbocycles. The highest BCUT2D eigenvalue weighted by Crippen LogP contribution is 2.44. The monoisotopic (exact) mass is 344 g/mol. The molecule has 8 heteroatoms. The summed E-state index contributed by atoms with van der Waals surface area (Å²) in [4.78, 5) is 11.6. The Bertz CT molecular complexity index is 677. The van der Waals surface area contributed by atoms with E-state index in [0.29, 0.717) is 18.5 Å². The lowest BCUT2D eigenvalue weighted by Gasteiger charge is -2.33. The minimum absolute atomic E-state index is 0.202. The van der Waals surface area contributed by atoms with Gasteiger partial charge in [-0.15, -0.1) is 11.3 Å². The van der Waals surface area contributed by atoms with Crippen LogP contribution in [0.4, 0.5) is 0 Å². The Labute approximate surface area is 134 Å². The molecular weight excluding hydrogens is 324 g/mol. The highest BCUT2D eigenvalue weighted by molar-refractivity contribution is 7.91. The maximum Gasteiger partial charge on any atom is 0.322 e. The minimum atomic E-state index is -3.74. The van der Waals surface area contributed by atoms with E-state index in [2.05, 4.69) is 5.32 Å². The van der Waals surface area contributed by atoms with Crippen molar-refractivity contribution in [1.29, 1.82) is 0 Å². The molecule has 122 valence electrons. The lowest BCUT2D eigenvalue weighted by Crippen LogP contribution is -2.41. The van der Waals surface area contributed by atoms with E-state index in [9.17, 15) is 18.3 Å². The van der Waals surface area contributed by atoms with Crippen molar-refractivity contribution < 1.29 is 18.3 Å². The summed E-state index contributed by atoms with van der Waals surface area (Å²) in [7, 11) is -3.74. The largest absolute Gasteiger partial charge is 0.480 e. The molecule has 3 rings (SSSR count). The molecular formula is C14H20N2O4S2. The standard InChI is InChI=1S/C14H20N2O4S2/c1-10-2-7-21-13(10)22(19,20)16-9-14(3-5-15-6-4-14)8-11(16)12(17)18/h2,7,11,15H,3-6,8-9H2,1H3,(H,17,18). The molecule has 2 aliphatic heterocycles. The number of aryl methyl sites for hydroxylation is 1. The van der Waals surface area contributed by atoms with Crippen LogP contribution in [0.25, 0.3) is 0 Å². The maximum atomic E-state index is 12.9. The number of carbonyl (C=O) groups is 1. The summed E-state index contributed by atoms with van der Waals surface area (Å²) in [6.45, 7) is 3.69. The van der Waals surface area contributed by atoms with E-state index in [1.54, 1.807) is 18.4 Å². The van der Waals surface area contributed by atoms with Crippen LogP contribution in [0.5, 0.6) is 0 Å². The van der Waals surface area contributed by atoms with Crippen LogP contribution >= 0.6 is 11.3 Å². The molecule has 2 aliphatic rings. The van der Waals surface area contributed by atoms with Gasteiger partial charge in [0.15, 0.2) is 0 Å². The number of nitrogens with zero attached hydrogens (tertiary/aromatic N) is 1. The molecule has 2 N–H and O–H groups in total. The van der Waals surface area contributed by atoms with E-state index in [1.807, 2.05) is 0 Å². The quantitative estimate of drug-likeness (QED) is 0.862. The number of rotatable bonds is 3. The van der Waals surface area contributed by atoms with Crippen molar-refractivity contribution in [1.82, 2.24) is 9.62 Å². The minimum Gasteiger partial charge on any atom is -0.480 e. The zero-order chi connectivity index (χ0) is 16.0. The fraction of sp³-hybridized carbons (Fsp3) is 0.643. The third-order valence-electron chi connectivity index (χ3n) is 4.77. The maximum absolute atomic E-state index is 12.9. The first-order valence-electron chi connectivity index (χ1n) is 7.35. The zero-order valence-electron chi connectivity index (χ0n) is 12.4. The highest BCUT2D eigenvalue weighted by Gasteiger charge is 2.52. The van der Waals surface area contributed by atoms with Crippen LogP contribution in [0.1, 0.15) is 24.8 Å². The topological polar surface area (TPSA) is 86.7 Å². The van der Waals surface area contributed by atoms with Crippen molar-refractivity contribution in [3.63, 3.8) is 0 Å². The van der Waals surface area contributed by atoms with Crippen LogP contribution in [0.3, 0.4) is 0 Å². The second-order valence-corrected chi connectivity index (χ2v) is 9.25. The van der Waals surface area contributed by atoms with Gasteiger partial charge in [-0.05, 0) is 61.7 Å². The first-order valence-corrected chi connectivity index (χ1v) is 9.67. The number of carboxylic acid groups (broad SMARTS) is 1. The van der Waals surface area contributed by atoms with Gasteiger partial charge in [0, 0.05) is 6.54 Å². The number of thiophene rings is 1. The number of hydrogen-bond donors (Lipinski definition) is 2. The van der Waals surface area contributed by atoms with E-state index in [1.165, 1.54) is 4.31 Å². The summed E-state index contributed by atoms with van der Waals surface area (Å²) in [5.74, 6) is -1.05. The molecule has 6 nitrogen and oxygen atoms in total. The van der Waals surface area contributed by atoms with E-state index < -0.39 is 22.0 Å². The van der Waals surface area contributed by atoms with Gasteiger partial charge in [0.2, 0.25) is 0 Å². The summed E-state index contributed by atoms with van der Waals surface area (Å²) in [6.07, 6.45) is 2.06. The molecule has 0 aromatic carbocycles. The van der Waals surface area contributed by atoms with E-state index in [4.69, 9.17) is 0 Å². The van der Waals surface area contributed by atoms with Gasteiger partial charge in [-0.2, -0.15) is 4.31 Å². The molecule has 22 heavy (non-hydrogen) atoms. The second kappa shape index (κ2) is 5.59. The molecule has 2 saturated heterocycles. The van der Waals surface area contributed by atoms with Crippen LogP contribution in [0.15, 0.2) is 15.7 Å². The SMILES string of the molecule is Cc1ccsc1S(=O)(=O)N1CC2(CCNCC2)CC1C(=O)O. The Morgan fingerprint density at radius 2 is 2.14 bits per heavy atom. The molecule has 0 radical (unpaired) electrons. The molecule has 0 bridgehead atoms. The van der Waals surface area contributed by atoms with Crippen molar-refractivity contribution >= 4 is 27.3 Å². The number of sulfonamides is 1. The Kier molecular flexibility index (Phi) is 4.05. The van der Waals surface area contributed by atoms with Gasteiger partial charge in [-0.3, -0.25) is 4.79 Å². The zero-order valence-corrected chi connectivity index (χ0v) is 14.0. The lowest BCUT2D eigenvalue weighted by molar-refractivity contribution is -0.140. The second-order valence-electron chi connectivity index (χ2n) is 6.25. The third kappa shape index (κ3) is 2.58. The number of piperidine rings is 1. The molecule has 1 aromatic rings. The smallest absolute Gasteiger partial charge is 0.322 e. The Hall–Kier alpha value is -0.960. The molecule has 3 heterocycles. The van der Waals surface area contributed by atoms with Crippen LogP contribution in [-0.4, -0.2) is 49.5 Å². The van der Waals surface area contributed by atoms with Gasteiger partial charge in [0.05, 0.1) is 0 Å². The molecule has 1 atom stereocenters. The van der Waals surface area contributed by atoms with Gasteiger partial charge in [0.1, 0.15) is 10.3 Å². The first-order chi connectivity index (χ1) is 10.4. The van der Waals surface area contributed by atoms with Gasteiger partial charge in [-0.1, -0.05) is 0 Å². The van der Waals surface area contributed by atoms with Crippen molar-refractivity contribution in [3.05, 3.63) is 17.0 Å². The fourth-order valence-electron chi connectivity index (χ4n) is 3.53. The van der Waals surface area contributed by atoms with Gasteiger partial charge < -0.3 is 10.4 Å². The molecule has 0 amide bonds. The van der Waals surface area contributed by atoms with Crippen molar-refractivity contribution in [3.8, 4) is 0 Å². The molecule has 1 spiro atoms. The van der Waals surface area contributed by atoms with Crippen molar-refractivity contribution in [2.24, 2.45) is 5.41 Å². The third-order valence-corrected chi connectivity index (χ3v) is 8.29. The lowest BCUT2D eigenvalue weighted by atomic mass is 9.77. The summed E-state index contributed by atoms with van der Waals surface area (Å²) < 4.78 is 27.3. The summed E-state index contributed by atoms with van der Waals surface area (Å²) in [5, 5.41) is 14.5. The first kappa shape index (κ1) is 15.9. The van der Waals surface area contributed by atoms with Crippen LogP contribution in [0.2, 0.25) is 0 Å². The van der Waals surface area contributed by atoms with Crippen LogP contribution in [-0.2, 0) is 14.8 Å². The van der Waals surface area contributed by atoms with Crippen LogP contribution < -0.4 is 5.32 Å². The van der Waals surface area contributed by atoms with Crippen LogP contribution in [0, 0.1) is 12.3 Å². The average Bonchev–Trinajstić information content (AvgIpc) is 3.05. The van der Waals surface area contributed by atoms with Gasteiger partial charge >= 0.3 is 5.97 Å². The Morgan fingerprint density at radius 3 is 2.68 bits per heavy atom. The van der Waals surface area contributed by atoms with E-state index >= 15 is 0 Å². The fourth-order valence-corrected chi connectivity index (χ4v) is 6.75. The Morgan fingerprint density at radius 1 is 1.45 bits per heavy atom. The molecule has 2 fully saturated rings. The van der Waals surface area contributed by atoms with Crippen molar-refractivity contribution in [2.45, 2.75) is 36.4 Å². The summed E-state index contributed by atoms with van der Waals surface area (Å²) in [6, 6.07) is 0.800. The Balaban J connectivity index is 1.97. The summed E-state index contributed by atoms with van der Waals surface area (Å²) in [5.41, 5.74) is 0.479. The molecule has 0 saturated carbocycles. The number of carboxylic acids is 1. The van der Waals surface area contributed by atoms with Gasteiger partial charge in [0.25, 0.3) is 10.0 Å². The number of nitrogens with one attached hydrogen (secondary N) is 1. The number of hydrogen-bond acceptors (Lipinski definition) is 5. The van der Waals surface area contributed by atoms with E-state index in [0.717, 1.165) is 37.3 Å². The predicted octanol–water partition coefficient (Wildman–Crippen LogP) is 1.27. The van der Waals surface area contributed by atoms with Crippen molar-refractivity contribution in [2.75, 3.05) is 19.6 Å². The highest BCUT2D eigenvalue weighted by atomic mass is 32.2. The normalized spacial score (nSPS) is 25.6. The molecule has 1 unspecified atom stereocenters.